The summed E-state index contributed by atoms with van der Waals surface area (Å²) in [6.45, 7) is 6.19. The van der Waals surface area contributed by atoms with Crippen LogP contribution in [0.15, 0.2) is 48.5 Å². The Hall–Kier alpha value is -1.84. The first-order valence-corrected chi connectivity index (χ1v) is 8.97. The van der Waals surface area contributed by atoms with Crippen LogP contribution in [0.5, 0.6) is 11.5 Å². The van der Waals surface area contributed by atoms with Crippen LogP contribution in [0.1, 0.15) is 43.4 Å². The SMILES string of the molecule is Cc1cccc(Oc2ccc(C(CN)N3CCCCC3C)cc2)c1. The average Bonchev–Trinajstić information content (AvgIpc) is 2.59. The van der Waals surface area contributed by atoms with Gasteiger partial charge >= 0.3 is 0 Å². The second kappa shape index (κ2) is 7.82. The Bertz CT molecular complexity index is 653. The van der Waals surface area contributed by atoms with Crippen LogP contribution in [0.25, 0.3) is 0 Å². The monoisotopic (exact) mass is 324 g/mol. The highest BCUT2D eigenvalue weighted by molar-refractivity contribution is 5.35. The Balaban J connectivity index is 1.72. The fourth-order valence-electron chi connectivity index (χ4n) is 3.62. The van der Waals surface area contributed by atoms with Gasteiger partial charge in [-0.05, 0) is 68.6 Å². The molecule has 1 aliphatic heterocycles. The normalized spacial score (nSPS) is 19.9. The lowest BCUT2D eigenvalue weighted by atomic mass is 9.97. The lowest BCUT2D eigenvalue weighted by Gasteiger charge is -2.39. The van der Waals surface area contributed by atoms with Gasteiger partial charge in [0.1, 0.15) is 11.5 Å². The molecule has 0 aromatic heterocycles. The Morgan fingerprint density at radius 2 is 1.92 bits per heavy atom. The lowest BCUT2D eigenvalue weighted by molar-refractivity contribution is 0.109. The minimum absolute atomic E-state index is 0.299. The van der Waals surface area contributed by atoms with Crippen molar-refractivity contribution >= 4 is 0 Å². The molecule has 2 atom stereocenters. The molecular formula is C21H28N2O. The van der Waals surface area contributed by atoms with Crippen LogP contribution in [0.3, 0.4) is 0 Å². The van der Waals surface area contributed by atoms with E-state index in [1.54, 1.807) is 0 Å². The molecule has 1 saturated heterocycles. The molecule has 2 aromatic carbocycles. The first-order chi connectivity index (χ1) is 11.7. The van der Waals surface area contributed by atoms with Crippen molar-refractivity contribution in [3.8, 4) is 11.5 Å². The first-order valence-electron chi connectivity index (χ1n) is 8.97. The minimum atomic E-state index is 0.299. The zero-order valence-electron chi connectivity index (χ0n) is 14.7. The smallest absolute Gasteiger partial charge is 0.127 e. The van der Waals surface area contributed by atoms with Gasteiger partial charge in [0.15, 0.2) is 0 Å². The van der Waals surface area contributed by atoms with E-state index in [-0.39, 0.29) is 0 Å². The number of benzene rings is 2. The number of nitrogens with zero attached hydrogens (tertiary/aromatic N) is 1. The van der Waals surface area contributed by atoms with Gasteiger partial charge in [0.25, 0.3) is 0 Å². The van der Waals surface area contributed by atoms with Gasteiger partial charge in [-0.1, -0.05) is 30.7 Å². The maximum absolute atomic E-state index is 6.10. The zero-order valence-corrected chi connectivity index (χ0v) is 14.7. The van der Waals surface area contributed by atoms with E-state index in [1.165, 1.54) is 30.4 Å². The number of ether oxygens (including phenoxy) is 1. The Morgan fingerprint density at radius 3 is 2.58 bits per heavy atom. The number of piperidine rings is 1. The number of rotatable bonds is 5. The summed E-state index contributed by atoms with van der Waals surface area (Å²) in [5.74, 6) is 1.74. The Labute approximate surface area is 145 Å². The summed E-state index contributed by atoms with van der Waals surface area (Å²) in [7, 11) is 0. The number of aryl methyl sites for hydroxylation is 1. The molecule has 0 aliphatic carbocycles. The van der Waals surface area contributed by atoms with Crippen molar-refractivity contribution in [2.75, 3.05) is 13.1 Å². The number of likely N-dealkylation sites (tertiary alicyclic amines) is 1. The van der Waals surface area contributed by atoms with Crippen LogP contribution in [0, 0.1) is 6.92 Å². The van der Waals surface area contributed by atoms with E-state index in [1.807, 2.05) is 18.2 Å². The third-order valence-electron chi connectivity index (χ3n) is 4.97. The van der Waals surface area contributed by atoms with E-state index < -0.39 is 0 Å². The van der Waals surface area contributed by atoms with Crippen molar-refractivity contribution in [3.63, 3.8) is 0 Å². The number of hydrogen-bond acceptors (Lipinski definition) is 3. The van der Waals surface area contributed by atoms with Crippen LogP contribution in [0.4, 0.5) is 0 Å². The summed E-state index contributed by atoms with van der Waals surface area (Å²) in [5.41, 5.74) is 8.58. The fraction of sp³-hybridized carbons (Fsp3) is 0.429. The Morgan fingerprint density at radius 1 is 1.12 bits per heavy atom. The van der Waals surface area contributed by atoms with Crippen molar-refractivity contribution < 1.29 is 4.74 Å². The molecule has 3 rings (SSSR count). The van der Waals surface area contributed by atoms with Gasteiger partial charge in [0.2, 0.25) is 0 Å². The molecule has 2 unspecified atom stereocenters. The van der Waals surface area contributed by atoms with Crippen molar-refractivity contribution in [3.05, 3.63) is 59.7 Å². The highest BCUT2D eigenvalue weighted by Crippen LogP contribution is 2.30. The van der Waals surface area contributed by atoms with Crippen molar-refractivity contribution in [2.24, 2.45) is 5.73 Å². The highest BCUT2D eigenvalue weighted by Gasteiger charge is 2.26. The van der Waals surface area contributed by atoms with E-state index in [0.29, 0.717) is 18.6 Å². The van der Waals surface area contributed by atoms with Crippen molar-refractivity contribution in [1.82, 2.24) is 4.90 Å². The molecule has 0 spiro atoms. The largest absolute Gasteiger partial charge is 0.457 e. The molecule has 24 heavy (non-hydrogen) atoms. The summed E-state index contributed by atoms with van der Waals surface area (Å²) in [6.07, 6.45) is 3.87. The predicted molar refractivity (Wildman–Crippen MR) is 99.5 cm³/mol. The van der Waals surface area contributed by atoms with Gasteiger partial charge in [-0.15, -0.1) is 0 Å². The quantitative estimate of drug-likeness (QED) is 0.869. The van der Waals surface area contributed by atoms with Gasteiger partial charge in [-0.3, -0.25) is 4.90 Å². The number of nitrogens with two attached hydrogens (primary N) is 1. The van der Waals surface area contributed by atoms with Crippen LogP contribution in [-0.4, -0.2) is 24.0 Å². The average molecular weight is 324 g/mol. The van der Waals surface area contributed by atoms with Gasteiger partial charge in [-0.25, -0.2) is 0 Å². The summed E-state index contributed by atoms with van der Waals surface area (Å²) >= 11 is 0. The van der Waals surface area contributed by atoms with Crippen LogP contribution < -0.4 is 10.5 Å². The fourth-order valence-corrected chi connectivity index (χ4v) is 3.62. The lowest BCUT2D eigenvalue weighted by Crippen LogP contribution is -2.43. The maximum atomic E-state index is 6.10. The number of hydrogen-bond donors (Lipinski definition) is 1. The topological polar surface area (TPSA) is 38.5 Å². The molecule has 3 nitrogen and oxygen atoms in total. The van der Waals surface area contributed by atoms with Gasteiger partial charge in [0.05, 0.1) is 0 Å². The first kappa shape index (κ1) is 17.0. The molecule has 0 bridgehead atoms. The van der Waals surface area contributed by atoms with Gasteiger partial charge in [-0.2, -0.15) is 0 Å². The summed E-state index contributed by atoms with van der Waals surface area (Å²) < 4.78 is 5.95. The van der Waals surface area contributed by atoms with Crippen LogP contribution in [0.2, 0.25) is 0 Å². The third kappa shape index (κ3) is 3.97. The molecule has 3 heteroatoms. The zero-order chi connectivity index (χ0) is 16.9. The maximum Gasteiger partial charge on any atom is 0.127 e. The molecular weight excluding hydrogens is 296 g/mol. The third-order valence-corrected chi connectivity index (χ3v) is 4.97. The molecule has 1 fully saturated rings. The van der Waals surface area contributed by atoms with E-state index in [9.17, 15) is 0 Å². The van der Waals surface area contributed by atoms with E-state index in [2.05, 4.69) is 49.1 Å². The second-order valence-electron chi connectivity index (χ2n) is 6.82. The summed E-state index contributed by atoms with van der Waals surface area (Å²) in [5, 5.41) is 0. The standard InChI is InChI=1S/C21H28N2O/c1-16-6-5-8-20(14-16)24-19-11-9-18(10-12-19)21(15-22)23-13-4-3-7-17(23)2/h5-6,8-12,14,17,21H,3-4,7,13,15,22H2,1-2H3. The van der Waals surface area contributed by atoms with Crippen LogP contribution >= 0.6 is 0 Å². The van der Waals surface area contributed by atoms with Gasteiger partial charge < -0.3 is 10.5 Å². The molecule has 0 radical (unpaired) electrons. The molecule has 128 valence electrons. The molecule has 0 saturated carbocycles. The molecule has 1 aliphatic rings. The molecule has 1 heterocycles. The summed E-state index contributed by atoms with van der Waals surface area (Å²) in [4.78, 5) is 2.56. The van der Waals surface area contributed by atoms with E-state index in [4.69, 9.17) is 10.5 Å². The van der Waals surface area contributed by atoms with E-state index >= 15 is 0 Å². The Kier molecular flexibility index (Phi) is 5.54. The van der Waals surface area contributed by atoms with Gasteiger partial charge in [0, 0.05) is 18.6 Å². The van der Waals surface area contributed by atoms with Crippen molar-refractivity contribution in [2.45, 2.75) is 45.2 Å². The van der Waals surface area contributed by atoms with Crippen LogP contribution in [-0.2, 0) is 0 Å². The summed E-state index contributed by atoms with van der Waals surface area (Å²) in [6, 6.07) is 17.4. The molecule has 2 aromatic rings. The molecule has 0 amide bonds. The predicted octanol–water partition coefficient (Wildman–Crippen LogP) is 4.66. The van der Waals surface area contributed by atoms with Crippen molar-refractivity contribution in [1.29, 1.82) is 0 Å². The second-order valence-corrected chi connectivity index (χ2v) is 6.82. The minimum Gasteiger partial charge on any atom is -0.457 e. The molecule has 2 N–H and O–H groups in total. The van der Waals surface area contributed by atoms with E-state index in [0.717, 1.165) is 18.0 Å². The highest BCUT2D eigenvalue weighted by atomic mass is 16.5.